The first-order chi connectivity index (χ1) is 8.49. The summed E-state index contributed by atoms with van der Waals surface area (Å²) < 4.78 is 5.66. The van der Waals surface area contributed by atoms with E-state index in [-0.39, 0.29) is 11.7 Å². The van der Waals surface area contributed by atoms with Gasteiger partial charge in [0.25, 0.3) is 0 Å². The van der Waals surface area contributed by atoms with Gasteiger partial charge in [0.1, 0.15) is 11.5 Å². The van der Waals surface area contributed by atoms with Crippen molar-refractivity contribution in [3.8, 4) is 0 Å². The highest BCUT2D eigenvalue weighted by atomic mass is 32.2. The summed E-state index contributed by atoms with van der Waals surface area (Å²) in [5.74, 6) is 1.09. The Hall–Kier alpha value is -0.960. The summed E-state index contributed by atoms with van der Waals surface area (Å²) in [7, 11) is 0. The van der Waals surface area contributed by atoms with Crippen molar-refractivity contribution in [1.29, 1.82) is 0 Å². The average molecular weight is 266 g/mol. The van der Waals surface area contributed by atoms with Crippen molar-refractivity contribution < 1.29 is 9.53 Å². The van der Waals surface area contributed by atoms with E-state index in [9.17, 15) is 4.79 Å². The average Bonchev–Trinajstić information content (AvgIpc) is 2.33. The number of ether oxygens (including phenoxy) is 1. The van der Waals surface area contributed by atoms with Gasteiger partial charge in [0, 0.05) is 22.8 Å². The number of allylic oxidation sites excluding steroid dienone is 4. The Morgan fingerprint density at radius 3 is 2.72 bits per heavy atom. The van der Waals surface area contributed by atoms with E-state index in [0.717, 1.165) is 27.6 Å². The van der Waals surface area contributed by atoms with Gasteiger partial charge in [-0.2, -0.15) is 0 Å². The van der Waals surface area contributed by atoms with Crippen LogP contribution in [0.5, 0.6) is 0 Å². The van der Waals surface area contributed by atoms with E-state index >= 15 is 0 Å². The number of hydrogen-bond donors (Lipinski definition) is 0. The van der Waals surface area contributed by atoms with Gasteiger partial charge < -0.3 is 4.74 Å². The lowest BCUT2D eigenvalue weighted by Crippen LogP contribution is -2.16. The lowest BCUT2D eigenvalue weighted by molar-refractivity contribution is -0.119. The van der Waals surface area contributed by atoms with Crippen LogP contribution in [-0.4, -0.2) is 12.4 Å². The molecule has 2 nitrogen and oxygen atoms in total. The van der Waals surface area contributed by atoms with Crippen LogP contribution in [0, 0.1) is 5.92 Å². The number of carbonyl (C=O) groups excluding carboxylic acids is 1. The van der Waals surface area contributed by atoms with E-state index in [1.54, 1.807) is 18.7 Å². The highest BCUT2D eigenvalue weighted by molar-refractivity contribution is 8.06. The first-order valence-corrected chi connectivity index (χ1v) is 7.22. The fourth-order valence-corrected chi connectivity index (χ4v) is 2.75. The van der Waals surface area contributed by atoms with Crippen molar-refractivity contribution in [3.63, 3.8) is 0 Å². The molecule has 0 N–H and O–H groups in total. The Morgan fingerprint density at radius 2 is 2.22 bits per heavy atom. The Morgan fingerprint density at radius 1 is 1.56 bits per heavy atom. The smallest absolute Gasteiger partial charge is 0.137 e. The van der Waals surface area contributed by atoms with Gasteiger partial charge in [-0.3, -0.25) is 4.79 Å². The summed E-state index contributed by atoms with van der Waals surface area (Å²) in [4.78, 5) is 13.8. The molecule has 1 aliphatic rings. The number of thioether (sulfide) groups is 1. The molecule has 0 aromatic carbocycles. The van der Waals surface area contributed by atoms with E-state index in [0.29, 0.717) is 13.0 Å². The van der Waals surface area contributed by atoms with Crippen LogP contribution in [-0.2, 0) is 9.53 Å². The Kier molecular flexibility index (Phi) is 5.73. The first kappa shape index (κ1) is 15.1. The molecule has 0 aliphatic heterocycles. The molecule has 18 heavy (non-hydrogen) atoms. The summed E-state index contributed by atoms with van der Waals surface area (Å²) in [6.45, 7) is 12.4. The maximum Gasteiger partial charge on any atom is 0.137 e. The molecule has 0 radical (unpaired) electrons. The standard InChI is InChI=1S/C15H22O2S/c1-6-10(3)18-15-9-13(12(5)16)8-14(11(15)4)17-7-2/h9,13H,3,6-8H2,1-2,4-5H3. The second-order valence-corrected chi connectivity index (χ2v) is 5.65. The number of ketones is 1. The fraction of sp³-hybridized carbons (Fsp3) is 0.533. The van der Waals surface area contributed by atoms with Gasteiger partial charge in [-0.15, -0.1) is 0 Å². The highest BCUT2D eigenvalue weighted by Gasteiger charge is 2.24. The summed E-state index contributed by atoms with van der Waals surface area (Å²) in [6.07, 6.45) is 3.69. The predicted octanol–water partition coefficient (Wildman–Crippen LogP) is 4.45. The zero-order chi connectivity index (χ0) is 13.7. The normalized spacial score (nSPS) is 19.6. The lowest BCUT2D eigenvalue weighted by atomic mass is 9.92. The van der Waals surface area contributed by atoms with Gasteiger partial charge in [-0.25, -0.2) is 0 Å². The molecule has 0 heterocycles. The largest absolute Gasteiger partial charge is 0.498 e. The number of Topliss-reactive ketones (excluding diaryl/α,β-unsaturated/α-hetero) is 1. The zero-order valence-corrected chi connectivity index (χ0v) is 12.5. The topological polar surface area (TPSA) is 26.3 Å². The minimum atomic E-state index is -0.0533. The van der Waals surface area contributed by atoms with Crippen molar-refractivity contribution >= 4 is 17.5 Å². The van der Waals surface area contributed by atoms with Gasteiger partial charge in [-0.05, 0) is 32.1 Å². The van der Waals surface area contributed by atoms with Crippen molar-refractivity contribution in [3.05, 3.63) is 33.8 Å². The monoisotopic (exact) mass is 266 g/mol. The quantitative estimate of drug-likeness (QED) is 0.710. The van der Waals surface area contributed by atoms with E-state index in [1.165, 1.54) is 0 Å². The third kappa shape index (κ3) is 3.77. The van der Waals surface area contributed by atoms with E-state index in [2.05, 4.69) is 26.5 Å². The van der Waals surface area contributed by atoms with Gasteiger partial charge >= 0.3 is 0 Å². The molecule has 0 aromatic heterocycles. The van der Waals surface area contributed by atoms with Crippen molar-refractivity contribution in [2.45, 2.75) is 40.5 Å². The van der Waals surface area contributed by atoms with Crippen molar-refractivity contribution in [2.75, 3.05) is 6.61 Å². The van der Waals surface area contributed by atoms with Crippen LogP contribution in [0.1, 0.15) is 40.5 Å². The first-order valence-electron chi connectivity index (χ1n) is 6.40. The molecule has 1 rings (SSSR count). The zero-order valence-electron chi connectivity index (χ0n) is 11.7. The SMILES string of the molecule is C=C(CC)SC1=CC(C(C)=O)CC(OCC)=C1C. The summed E-state index contributed by atoms with van der Waals surface area (Å²) in [6, 6.07) is 0. The third-order valence-electron chi connectivity index (χ3n) is 3.04. The number of hydrogen-bond acceptors (Lipinski definition) is 3. The summed E-state index contributed by atoms with van der Waals surface area (Å²) in [5, 5.41) is 0. The minimum absolute atomic E-state index is 0.0533. The molecular weight excluding hydrogens is 244 g/mol. The molecule has 0 amide bonds. The second-order valence-electron chi connectivity index (χ2n) is 4.43. The Labute approximate surface area is 114 Å². The maximum atomic E-state index is 11.6. The van der Waals surface area contributed by atoms with Gasteiger partial charge in [-0.1, -0.05) is 31.3 Å². The number of rotatable bonds is 6. The van der Waals surface area contributed by atoms with Gasteiger partial charge in [0.2, 0.25) is 0 Å². The molecule has 0 saturated heterocycles. The molecule has 1 aliphatic carbocycles. The van der Waals surface area contributed by atoms with Crippen LogP contribution in [0.2, 0.25) is 0 Å². The number of carbonyl (C=O) groups is 1. The molecule has 1 unspecified atom stereocenters. The van der Waals surface area contributed by atoms with E-state index in [1.807, 2.05) is 6.92 Å². The predicted molar refractivity (Wildman–Crippen MR) is 78.2 cm³/mol. The molecule has 100 valence electrons. The van der Waals surface area contributed by atoms with Gasteiger partial charge in [0.15, 0.2) is 0 Å². The molecule has 0 fully saturated rings. The minimum Gasteiger partial charge on any atom is -0.498 e. The third-order valence-corrected chi connectivity index (χ3v) is 4.27. The van der Waals surface area contributed by atoms with Crippen LogP contribution in [0.3, 0.4) is 0 Å². The van der Waals surface area contributed by atoms with Crippen molar-refractivity contribution in [1.82, 2.24) is 0 Å². The maximum absolute atomic E-state index is 11.6. The summed E-state index contributed by atoms with van der Waals surface area (Å²) in [5.41, 5.74) is 1.15. The molecular formula is C15H22O2S. The Balaban J connectivity index is 2.99. The fourth-order valence-electron chi connectivity index (χ4n) is 1.80. The van der Waals surface area contributed by atoms with E-state index in [4.69, 9.17) is 4.74 Å². The van der Waals surface area contributed by atoms with Crippen LogP contribution in [0.15, 0.2) is 33.8 Å². The second kappa shape index (κ2) is 6.83. The van der Waals surface area contributed by atoms with Crippen LogP contribution >= 0.6 is 11.8 Å². The van der Waals surface area contributed by atoms with Crippen LogP contribution < -0.4 is 0 Å². The van der Waals surface area contributed by atoms with Crippen molar-refractivity contribution in [2.24, 2.45) is 5.92 Å². The molecule has 1 atom stereocenters. The molecule has 0 aromatic rings. The molecule has 3 heteroatoms. The van der Waals surface area contributed by atoms with E-state index < -0.39 is 0 Å². The highest BCUT2D eigenvalue weighted by Crippen LogP contribution is 2.39. The molecule has 0 saturated carbocycles. The van der Waals surface area contributed by atoms with Crippen LogP contribution in [0.4, 0.5) is 0 Å². The summed E-state index contributed by atoms with van der Waals surface area (Å²) >= 11 is 1.66. The molecule has 0 bridgehead atoms. The van der Waals surface area contributed by atoms with Crippen LogP contribution in [0.25, 0.3) is 0 Å². The lowest BCUT2D eigenvalue weighted by Gasteiger charge is -2.24. The molecule has 0 spiro atoms. The Bertz CT molecular complexity index is 405. The van der Waals surface area contributed by atoms with Gasteiger partial charge in [0.05, 0.1) is 6.61 Å².